The molecular formula is C15H25O4P. The van der Waals surface area contributed by atoms with E-state index in [0.717, 1.165) is 44.1 Å². The minimum absolute atomic E-state index is 0.337. The minimum Gasteiger partial charge on any atom is -0.404 e. The first-order chi connectivity index (χ1) is 9.42. The molecule has 1 rings (SSSR count). The molecule has 0 amide bonds. The Morgan fingerprint density at radius 2 is 1.50 bits per heavy atom. The Labute approximate surface area is 121 Å². The molecule has 114 valence electrons. The zero-order chi connectivity index (χ0) is 15.2. The van der Waals surface area contributed by atoms with E-state index in [2.05, 4.69) is 20.8 Å². The lowest BCUT2D eigenvalue weighted by Gasteiger charge is -2.19. The van der Waals surface area contributed by atoms with Crippen molar-refractivity contribution in [3.05, 3.63) is 28.8 Å². The molecule has 0 radical (unpaired) electrons. The first kappa shape index (κ1) is 17.2. The summed E-state index contributed by atoms with van der Waals surface area (Å²) in [6.45, 7) is 6.31. The van der Waals surface area contributed by atoms with Gasteiger partial charge in [-0.25, -0.2) is 4.57 Å². The topological polar surface area (TPSA) is 66.8 Å². The van der Waals surface area contributed by atoms with Gasteiger partial charge in [-0.2, -0.15) is 0 Å². The van der Waals surface area contributed by atoms with Crippen LogP contribution in [0.1, 0.15) is 56.7 Å². The van der Waals surface area contributed by atoms with Gasteiger partial charge >= 0.3 is 7.82 Å². The van der Waals surface area contributed by atoms with Crippen molar-refractivity contribution < 1.29 is 18.9 Å². The molecule has 0 aliphatic rings. The highest BCUT2D eigenvalue weighted by Crippen LogP contribution is 2.41. The molecule has 0 aliphatic carbocycles. The Kier molecular flexibility index (Phi) is 6.74. The van der Waals surface area contributed by atoms with Gasteiger partial charge < -0.3 is 4.52 Å². The second-order valence-corrected chi connectivity index (χ2v) is 6.18. The average Bonchev–Trinajstić information content (AvgIpc) is 2.35. The molecule has 0 aromatic heterocycles. The summed E-state index contributed by atoms with van der Waals surface area (Å²) in [6, 6.07) is 3.65. The summed E-state index contributed by atoms with van der Waals surface area (Å²) in [5.74, 6) is 0.337. The van der Waals surface area contributed by atoms with Crippen molar-refractivity contribution in [1.82, 2.24) is 0 Å². The van der Waals surface area contributed by atoms with Crippen molar-refractivity contribution in [1.29, 1.82) is 0 Å². The van der Waals surface area contributed by atoms with Crippen molar-refractivity contribution >= 4 is 7.82 Å². The molecule has 0 saturated heterocycles. The van der Waals surface area contributed by atoms with E-state index in [-0.39, 0.29) is 0 Å². The van der Waals surface area contributed by atoms with Gasteiger partial charge in [-0.3, -0.25) is 9.79 Å². The van der Waals surface area contributed by atoms with Gasteiger partial charge in [-0.15, -0.1) is 0 Å². The van der Waals surface area contributed by atoms with Crippen LogP contribution in [0.25, 0.3) is 0 Å². The summed E-state index contributed by atoms with van der Waals surface area (Å²) in [7, 11) is -4.51. The molecule has 0 bridgehead atoms. The van der Waals surface area contributed by atoms with E-state index in [0.29, 0.717) is 5.75 Å². The van der Waals surface area contributed by atoms with Crippen LogP contribution in [0.15, 0.2) is 12.1 Å². The summed E-state index contributed by atoms with van der Waals surface area (Å²) in [5.41, 5.74) is 3.45. The molecule has 0 spiro atoms. The monoisotopic (exact) mass is 300 g/mol. The van der Waals surface area contributed by atoms with Crippen LogP contribution in [0.3, 0.4) is 0 Å². The Morgan fingerprint density at radius 1 is 0.950 bits per heavy atom. The number of hydrogen-bond acceptors (Lipinski definition) is 2. The van der Waals surface area contributed by atoms with Crippen LogP contribution < -0.4 is 4.52 Å². The smallest absolute Gasteiger partial charge is 0.404 e. The van der Waals surface area contributed by atoms with Gasteiger partial charge in [0.1, 0.15) is 5.75 Å². The van der Waals surface area contributed by atoms with Crippen LogP contribution in [0.4, 0.5) is 0 Å². The van der Waals surface area contributed by atoms with Crippen molar-refractivity contribution in [2.24, 2.45) is 0 Å². The third-order valence-electron chi connectivity index (χ3n) is 3.22. The summed E-state index contributed by atoms with van der Waals surface area (Å²) in [6.07, 6.45) is 5.67. The van der Waals surface area contributed by atoms with E-state index >= 15 is 0 Å². The van der Waals surface area contributed by atoms with Gasteiger partial charge in [0, 0.05) is 0 Å². The predicted octanol–water partition coefficient (Wildman–Crippen LogP) is 4.02. The number of phosphoric ester groups is 1. The van der Waals surface area contributed by atoms with Crippen molar-refractivity contribution in [2.75, 3.05) is 0 Å². The van der Waals surface area contributed by atoms with Crippen LogP contribution in [0.2, 0.25) is 0 Å². The van der Waals surface area contributed by atoms with E-state index < -0.39 is 7.82 Å². The molecule has 0 atom stereocenters. The lowest BCUT2D eigenvalue weighted by molar-refractivity contribution is 0.282. The summed E-state index contributed by atoms with van der Waals surface area (Å²) in [4.78, 5) is 18.1. The number of hydrogen-bond donors (Lipinski definition) is 2. The van der Waals surface area contributed by atoms with Crippen molar-refractivity contribution in [3.63, 3.8) is 0 Å². The molecule has 0 aliphatic heterocycles. The molecule has 0 saturated carbocycles. The number of benzene rings is 1. The summed E-state index contributed by atoms with van der Waals surface area (Å²) < 4.78 is 16.0. The van der Waals surface area contributed by atoms with Crippen LogP contribution in [0, 0.1) is 0 Å². The molecule has 5 heteroatoms. The van der Waals surface area contributed by atoms with Gasteiger partial charge in [0.15, 0.2) is 0 Å². The summed E-state index contributed by atoms with van der Waals surface area (Å²) in [5, 5.41) is 0. The maximum absolute atomic E-state index is 11.1. The standard InChI is InChI=1S/C15H25O4P/c1-4-7-12-10-11-15(19-20(16,17)18)14(9-6-3)13(12)8-5-2/h10-11H,4-9H2,1-3H3,(H2,16,17,18). The van der Waals surface area contributed by atoms with Crippen LogP contribution in [0.5, 0.6) is 5.75 Å². The van der Waals surface area contributed by atoms with E-state index in [1.807, 2.05) is 6.07 Å². The van der Waals surface area contributed by atoms with Gasteiger partial charge in [-0.05, 0) is 42.0 Å². The van der Waals surface area contributed by atoms with Crippen molar-refractivity contribution in [2.45, 2.75) is 59.3 Å². The molecule has 4 nitrogen and oxygen atoms in total. The Bertz CT molecular complexity index is 479. The highest BCUT2D eigenvalue weighted by molar-refractivity contribution is 7.46. The highest BCUT2D eigenvalue weighted by Gasteiger charge is 2.20. The van der Waals surface area contributed by atoms with Gasteiger partial charge in [0.2, 0.25) is 0 Å². The Morgan fingerprint density at radius 3 is 2.00 bits per heavy atom. The van der Waals surface area contributed by atoms with Crippen LogP contribution in [-0.2, 0) is 23.8 Å². The normalized spacial score (nSPS) is 11.7. The first-order valence-electron chi connectivity index (χ1n) is 7.31. The van der Waals surface area contributed by atoms with Crippen LogP contribution >= 0.6 is 7.82 Å². The number of aryl methyl sites for hydroxylation is 1. The zero-order valence-corrected chi connectivity index (χ0v) is 13.4. The molecular weight excluding hydrogens is 275 g/mol. The third kappa shape index (κ3) is 4.93. The lowest BCUT2D eigenvalue weighted by Crippen LogP contribution is -2.04. The number of rotatable bonds is 8. The van der Waals surface area contributed by atoms with Gasteiger partial charge in [0.25, 0.3) is 0 Å². The lowest BCUT2D eigenvalue weighted by atomic mass is 9.91. The van der Waals surface area contributed by atoms with E-state index in [1.165, 1.54) is 11.1 Å². The highest BCUT2D eigenvalue weighted by atomic mass is 31.2. The Balaban J connectivity index is 3.30. The Hall–Kier alpha value is -0.830. The van der Waals surface area contributed by atoms with Crippen LogP contribution in [-0.4, -0.2) is 9.79 Å². The molecule has 1 aromatic carbocycles. The second-order valence-electron chi connectivity index (χ2n) is 5.01. The van der Waals surface area contributed by atoms with E-state index in [4.69, 9.17) is 14.3 Å². The fraction of sp³-hybridized carbons (Fsp3) is 0.600. The minimum atomic E-state index is -4.51. The molecule has 0 fully saturated rings. The van der Waals surface area contributed by atoms with E-state index in [9.17, 15) is 4.57 Å². The second kappa shape index (κ2) is 7.82. The molecule has 1 aromatic rings. The number of phosphoric acid groups is 1. The van der Waals surface area contributed by atoms with Gasteiger partial charge in [-0.1, -0.05) is 46.1 Å². The predicted molar refractivity (Wildman–Crippen MR) is 81.1 cm³/mol. The average molecular weight is 300 g/mol. The zero-order valence-electron chi connectivity index (χ0n) is 12.6. The van der Waals surface area contributed by atoms with Crippen molar-refractivity contribution in [3.8, 4) is 5.75 Å². The van der Waals surface area contributed by atoms with E-state index in [1.54, 1.807) is 6.07 Å². The third-order valence-corrected chi connectivity index (χ3v) is 3.66. The summed E-state index contributed by atoms with van der Waals surface area (Å²) >= 11 is 0. The van der Waals surface area contributed by atoms with Gasteiger partial charge in [0.05, 0.1) is 0 Å². The fourth-order valence-electron chi connectivity index (χ4n) is 2.52. The fourth-order valence-corrected chi connectivity index (χ4v) is 2.95. The largest absolute Gasteiger partial charge is 0.524 e. The maximum Gasteiger partial charge on any atom is 0.524 e. The molecule has 2 N–H and O–H groups in total. The first-order valence-corrected chi connectivity index (χ1v) is 8.84. The molecule has 0 heterocycles. The molecule has 20 heavy (non-hydrogen) atoms. The quantitative estimate of drug-likeness (QED) is 0.712. The maximum atomic E-state index is 11.1. The molecule has 0 unspecified atom stereocenters. The SMILES string of the molecule is CCCc1ccc(OP(=O)(O)O)c(CCC)c1CCC.